The Bertz CT molecular complexity index is 556. The fourth-order valence-electron chi connectivity index (χ4n) is 1.72. The van der Waals surface area contributed by atoms with Crippen LogP contribution in [0.5, 0.6) is 0 Å². The number of aromatic nitrogens is 3. The highest BCUT2D eigenvalue weighted by atomic mass is 16.5. The average Bonchev–Trinajstić information content (AvgIpc) is 2.98. The topological polar surface area (TPSA) is 81.1 Å². The molecule has 0 aromatic carbocycles. The Balaban J connectivity index is 1.70. The molecule has 0 radical (unpaired) electrons. The third-order valence-corrected chi connectivity index (χ3v) is 2.82. The molecule has 2 heterocycles. The first-order chi connectivity index (χ1) is 10.3. The number of methoxy groups -OCH3 is 1. The van der Waals surface area contributed by atoms with Crippen molar-refractivity contribution >= 4 is 6.03 Å². The Morgan fingerprint density at radius 2 is 2.19 bits per heavy atom. The van der Waals surface area contributed by atoms with Crippen molar-refractivity contribution < 1.29 is 9.53 Å². The molecule has 2 aromatic heterocycles. The third-order valence-electron chi connectivity index (χ3n) is 2.82. The summed E-state index contributed by atoms with van der Waals surface area (Å²) in [5.41, 5.74) is 1.76. The van der Waals surface area contributed by atoms with Crippen LogP contribution in [0.25, 0.3) is 0 Å². The van der Waals surface area contributed by atoms with Crippen LogP contribution in [0.15, 0.2) is 36.8 Å². The highest BCUT2D eigenvalue weighted by Crippen LogP contribution is 1.97. The summed E-state index contributed by atoms with van der Waals surface area (Å²) in [6.45, 7) is 2.14. The molecule has 0 spiro atoms. The predicted molar refractivity (Wildman–Crippen MR) is 77.4 cm³/mol. The second kappa shape index (κ2) is 8.01. The van der Waals surface area contributed by atoms with Gasteiger partial charge < -0.3 is 15.4 Å². The Morgan fingerprint density at radius 3 is 2.95 bits per heavy atom. The van der Waals surface area contributed by atoms with Crippen LogP contribution in [0, 0.1) is 0 Å². The number of nitrogens with one attached hydrogen (secondary N) is 2. The highest BCUT2D eigenvalue weighted by molar-refractivity contribution is 5.73. The largest absolute Gasteiger partial charge is 0.383 e. The normalized spacial score (nSPS) is 10.3. The van der Waals surface area contributed by atoms with Gasteiger partial charge in [0.1, 0.15) is 0 Å². The van der Waals surface area contributed by atoms with Crippen molar-refractivity contribution in [1.29, 1.82) is 0 Å². The molecule has 2 amide bonds. The van der Waals surface area contributed by atoms with Crippen LogP contribution in [0.4, 0.5) is 4.79 Å². The lowest BCUT2D eigenvalue weighted by atomic mass is 10.3. The molecule has 0 fully saturated rings. The van der Waals surface area contributed by atoms with Crippen LogP contribution in [-0.2, 0) is 24.4 Å². The van der Waals surface area contributed by atoms with E-state index in [1.165, 1.54) is 0 Å². The van der Waals surface area contributed by atoms with E-state index < -0.39 is 0 Å². The lowest BCUT2D eigenvalue weighted by Gasteiger charge is -2.06. The van der Waals surface area contributed by atoms with Crippen molar-refractivity contribution in [2.45, 2.75) is 19.6 Å². The molecular weight excluding hydrogens is 270 g/mol. The van der Waals surface area contributed by atoms with E-state index in [4.69, 9.17) is 4.74 Å². The SMILES string of the molecule is COCCn1cc(CNC(=O)NCc2ccccn2)cn1. The summed E-state index contributed by atoms with van der Waals surface area (Å²) in [6.07, 6.45) is 5.32. The summed E-state index contributed by atoms with van der Waals surface area (Å²) < 4.78 is 6.76. The summed E-state index contributed by atoms with van der Waals surface area (Å²) in [6, 6.07) is 5.35. The molecular formula is C14H19N5O2. The smallest absolute Gasteiger partial charge is 0.315 e. The molecule has 2 N–H and O–H groups in total. The van der Waals surface area contributed by atoms with Gasteiger partial charge in [-0.15, -0.1) is 0 Å². The van der Waals surface area contributed by atoms with Crippen LogP contribution >= 0.6 is 0 Å². The Kier molecular flexibility index (Phi) is 5.71. The van der Waals surface area contributed by atoms with Gasteiger partial charge in [0.15, 0.2) is 0 Å². The van der Waals surface area contributed by atoms with Gasteiger partial charge in [-0.05, 0) is 12.1 Å². The molecule has 2 aromatic rings. The maximum Gasteiger partial charge on any atom is 0.315 e. The summed E-state index contributed by atoms with van der Waals surface area (Å²) in [5.74, 6) is 0. The van der Waals surface area contributed by atoms with Gasteiger partial charge in [0.2, 0.25) is 0 Å². The lowest BCUT2D eigenvalue weighted by molar-refractivity contribution is 0.183. The molecule has 0 atom stereocenters. The monoisotopic (exact) mass is 289 g/mol. The van der Waals surface area contributed by atoms with Crippen molar-refractivity contribution in [2.24, 2.45) is 0 Å². The van der Waals surface area contributed by atoms with Gasteiger partial charge in [-0.1, -0.05) is 6.07 Å². The first-order valence-electron chi connectivity index (χ1n) is 6.70. The van der Waals surface area contributed by atoms with E-state index in [9.17, 15) is 4.79 Å². The number of rotatable bonds is 7. The first-order valence-corrected chi connectivity index (χ1v) is 6.70. The highest BCUT2D eigenvalue weighted by Gasteiger charge is 2.03. The number of hydrogen-bond acceptors (Lipinski definition) is 4. The van der Waals surface area contributed by atoms with E-state index in [-0.39, 0.29) is 6.03 Å². The maximum absolute atomic E-state index is 11.7. The van der Waals surface area contributed by atoms with Crippen LogP contribution in [0.2, 0.25) is 0 Å². The minimum absolute atomic E-state index is 0.231. The van der Waals surface area contributed by atoms with Gasteiger partial charge in [0.25, 0.3) is 0 Å². The van der Waals surface area contributed by atoms with Gasteiger partial charge >= 0.3 is 6.03 Å². The Hall–Kier alpha value is -2.41. The summed E-state index contributed by atoms with van der Waals surface area (Å²) in [5, 5.41) is 9.71. The number of hydrogen-bond donors (Lipinski definition) is 2. The molecule has 0 saturated heterocycles. The van der Waals surface area contributed by atoms with Crippen molar-refractivity contribution in [3.8, 4) is 0 Å². The number of pyridine rings is 1. The van der Waals surface area contributed by atoms with E-state index in [1.54, 1.807) is 24.2 Å². The van der Waals surface area contributed by atoms with E-state index in [0.717, 1.165) is 11.3 Å². The minimum atomic E-state index is -0.231. The molecule has 0 aliphatic heterocycles. The van der Waals surface area contributed by atoms with Gasteiger partial charge in [0.05, 0.1) is 31.6 Å². The molecule has 0 saturated carbocycles. The van der Waals surface area contributed by atoms with Gasteiger partial charge in [0, 0.05) is 31.6 Å². The fourth-order valence-corrected chi connectivity index (χ4v) is 1.72. The number of nitrogens with zero attached hydrogens (tertiary/aromatic N) is 3. The van der Waals surface area contributed by atoms with E-state index >= 15 is 0 Å². The van der Waals surface area contributed by atoms with Crippen molar-refractivity contribution in [2.75, 3.05) is 13.7 Å². The van der Waals surface area contributed by atoms with Crippen LogP contribution in [-0.4, -0.2) is 34.5 Å². The molecule has 0 bridgehead atoms. The van der Waals surface area contributed by atoms with Crippen LogP contribution in [0.1, 0.15) is 11.3 Å². The molecule has 7 nitrogen and oxygen atoms in total. The van der Waals surface area contributed by atoms with Crippen LogP contribution < -0.4 is 10.6 Å². The van der Waals surface area contributed by atoms with Crippen molar-refractivity contribution in [3.05, 3.63) is 48.0 Å². The second-order valence-corrected chi connectivity index (χ2v) is 4.46. The van der Waals surface area contributed by atoms with Crippen LogP contribution in [0.3, 0.4) is 0 Å². The number of carbonyl (C=O) groups is 1. The van der Waals surface area contributed by atoms with Crippen molar-refractivity contribution in [3.63, 3.8) is 0 Å². The zero-order chi connectivity index (χ0) is 14.9. The molecule has 7 heteroatoms. The standard InChI is InChI=1S/C14H19N5O2/c1-21-7-6-19-11-12(9-18-19)8-16-14(20)17-10-13-4-2-3-5-15-13/h2-5,9,11H,6-8,10H2,1H3,(H2,16,17,20). The lowest BCUT2D eigenvalue weighted by Crippen LogP contribution is -2.34. The molecule has 0 aliphatic rings. The third kappa shape index (κ3) is 5.23. The van der Waals surface area contributed by atoms with Crippen molar-refractivity contribution in [1.82, 2.24) is 25.4 Å². The van der Waals surface area contributed by atoms with Gasteiger partial charge in [-0.25, -0.2) is 4.79 Å². The number of amides is 2. The van der Waals surface area contributed by atoms with E-state index in [2.05, 4.69) is 20.7 Å². The molecule has 112 valence electrons. The fraction of sp³-hybridized carbons (Fsp3) is 0.357. The second-order valence-electron chi connectivity index (χ2n) is 4.46. The number of ether oxygens (including phenoxy) is 1. The summed E-state index contributed by atoms with van der Waals surface area (Å²) in [7, 11) is 1.65. The van der Waals surface area contributed by atoms with Gasteiger partial charge in [-0.2, -0.15) is 5.10 Å². The minimum Gasteiger partial charge on any atom is -0.383 e. The van der Waals surface area contributed by atoms with E-state index in [1.807, 2.05) is 24.4 Å². The summed E-state index contributed by atoms with van der Waals surface area (Å²) >= 11 is 0. The molecule has 0 aliphatic carbocycles. The zero-order valence-corrected chi connectivity index (χ0v) is 12.0. The molecule has 21 heavy (non-hydrogen) atoms. The first kappa shape index (κ1) is 15.0. The number of carbonyl (C=O) groups excluding carboxylic acids is 1. The zero-order valence-electron chi connectivity index (χ0n) is 12.0. The molecule has 0 unspecified atom stereocenters. The summed E-state index contributed by atoms with van der Waals surface area (Å²) in [4.78, 5) is 15.8. The molecule has 2 rings (SSSR count). The Morgan fingerprint density at radius 1 is 1.33 bits per heavy atom. The van der Waals surface area contributed by atoms with Gasteiger partial charge in [-0.3, -0.25) is 9.67 Å². The number of urea groups is 1. The maximum atomic E-state index is 11.7. The van der Waals surface area contributed by atoms with E-state index in [0.29, 0.717) is 26.2 Å². The predicted octanol–water partition coefficient (Wildman–Crippen LogP) is 0.924. The quantitative estimate of drug-likeness (QED) is 0.794. The Labute approximate surface area is 123 Å². The average molecular weight is 289 g/mol.